The number of hydrogen-bond donors (Lipinski definition) is 0. The first-order chi connectivity index (χ1) is 7.79. The van der Waals surface area contributed by atoms with Crippen LogP contribution < -0.4 is 0 Å². The molecule has 0 spiro atoms. The monoisotopic (exact) mass is 254 g/mol. The Morgan fingerprint density at radius 1 is 0.500 bits per heavy atom. The molecule has 0 atom stereocenters. The molecule has 1 aliphatic rings. The average Bonchev–Trinajstić information content (AvgIpc) is 2.36. The summed E-state index contributed by atoms with van der Waals surface area (Å²) in [7, 11) is 0. The smallest absolute Gasteiger partial charge is 0.194 e. The van der Waals surface area contributed by atoms with Crippen LogP contribution >= 0.6 is 0 Å². The molecule has 0 saturated heterocycles. The van der Waals surface area contributed by atoms with Crippen LogP contribution in [0.15, 0.2) is 48.5 Å². The second-order valence-corrected chi connectivity index (χ2v) is 3.75. The number of hydrogen-bond acceptors (Lipinski definition) is 2. The summed E-state index contributed by atoms with van der Waals surface area (Å²) < 4.78 is 0. The molecule has 4 heteroatoms. The molecule has 0 unspecified atom stereocenters. The van der Waals surface area contributed by atoms with E-state index >= 15 is 0 Å². The molecule has 3 rings (SSSR count). The van der Waals surface area contributed by atoms with Crippen LogP contribution in [0.4, 0.5) is 0 Å². The molecule has 0 amide bonds. The van der Waals surface area contributed by atoms with Gasteiger partial charge in [0.05, 0.1) is 0 Å². The predicted octanol–water partition coefficient (Wildman–Crippen LogP) is 1.70. The Labute approximate surface area is 149 Å². The van der Waals surface area contributed by atoms with Crippen LogP contribution in [0, 0.1) is 0 Å². The minimum Gasteiger partial charge on any atom is -0.289 e. The van der Waals surface area contributed by atoms with E-state index in [9.17, 15) is 9.59 Å². The van der Waals surface area contributed by atoms with Gasteiger partial charge in [-0.2, -0.15) is 0 Å². The Kier molecular flexibility index (Phi) is 5.53. The van der Waals surface area contributed by atoms with Gasteiger partial charge in [-0.25, -0.2) is 0 Å². The molecule has 1 aliphatic carbocycles. The van der Waals surface area contributed by atoms with Gasteiger partial charge < -0.3 is 0 Å². The molecule has 2 radical (unpaired) electrons. The summed E-state index contributed by atoms with van der Waals surface area (Å²) in [5.74, 6) is -0.128. The number of ketones is 2. The summed E-state index contributed by atoms with van der Waals surface area (Å²) in [5, 5.41) is 0. The molecule has 0 fully saturated rings. The van der Waals surface area contributed by atoms with Crippen molar-refractivity contribution in [1.29, 1.82) is 0 Å². The van der Waals surface area contributed by atoms with Crippen molar-refractivity contribution in [2.45, 2.75) is 0 Å². The van der Waals surface area contributed by atoms with Crippen LogP contribution in [0.3, 0.4) is 0 Å². The van der Waals surface area contributed by atoms with Crippen molar-refractivity contribution in [3.63, 3.8) is 0 Å². The fraction of sp³-hybridized carbons (Fsp3) is 0. The summed E-state index contributed by atoms with van der Waals surface area (Å²) in [6.45, 7) is 0. The third-order valence-corrected chi connectivity index (χ3v) is 2.83. The Bertz CT molecular complexity index is 515. The predicted molar refractivity (Wildman–Crippen MR) is 71.3 cm³/mol. The maximum absolute atomic E-state index is 12.1. The van der Waals surface area contributed by atoms with E-state index in [0.717, 1.165) is 0 Å². The van der Waals surface area contributed by atoms with Gasteiger partial charge in [0, 0.05) is 81.4 Å². The van der Waals surface area contributed by atoms with Crippen LogP contribution in [-0.4, -0.2) is 70.7 Å². The topological polar surface area (TPSA) is 34.1 Å². The standard InChI is InChI=1S/C14H8O2.2Na/c15-13-9-5-1-2-6-10(9)14(16)12-8-4-3-7-11(12)13;;/h1-8H;;. The van der Waals surface area contributed by atoms with Crippen LogP contribution in [0.5, 0.6) is 0 Å². The Morgan fingerprint density at radius 3 is 0.944 bits per heavy atom. The van der Waals surface area contributed by atoms with Crippen molar-refractivity contribution >= 4 is 70.7 Å². The molecule has 2 nitrogen and oxygen atoms in total. The zero-order valence-corrected chi connectivity index (χ0v) is 14.4. The number of rotatable bonds is 0. The molecule has 0 bridgehead atoms. The molecule has 0 aromatic heterocycles. The summed E-state index contributed by atoms with van der Waals surface area (Å²) in [6.07, 6.45) is 0. The van der Waals surface area contributed by atoms with Gasteiger partial charge in [0.25, 0.3) is 0 Å². The van der Waals surface area contributed by atoms with Crippen LogP contribution in [-0.2, 0) is 0 Å². The van der Waals surface area contributed by atoms with Gasteiger partial charge in [0.1, 0.15) is 0 Å². The van der Waals surface area contributed by atoms with Gasteiger partial charge in [-0.15, -0.1) is 0 Å². The quantitative estimate of drug-likeness (QED) is 0.572. The van der Waals surface area contributed by atoms with Crippen molar-refractivity contribution in [3.05, 3.63) is 70.8 Å². The van der Waals surface area contributed by atoms with E-state index in [1.54, 1.807) is 48.5 Å². The molecule has 0 N–H and O–H groups in total. The van der Waals surface area contributed by atoms with E-state index in [2.05, 4.69) is 0 Å². The van der Waals surface area contributed by atoms with Gasteiger partial charge in [0.15, 0.2) is 11.6 Å². The van der Waals surface area contributed by atoms with Gasteiger partial charge in [-0.05, 0) is 0 Å². The Balaban J connectivity index is 0.000000810. The van der Waals surface area contributed by atoms with Gasteiger partial charge in [-0.3, -0.25) is 9.59 Å². The largest absolute Gasteiger partial charge is 0.289 e. The number of fused-ring (bicyclic) bond motifs is 2. The molecular formula is C14H8Na2O2. The number of carbonyl (C=O) groups is 2. The van der Waals surface area contributed by atoms with Crippen molar-refractivity contribution in [2.75, 3.05) is 0 Å². The van der Waals surface area contributed by atoms with E-state index in [1.807, 2.05) is 0 Å². The first-order valence-corrected chi connectivity index (χ1v) is 5.06. The van der Waals surface area contributed by atoms with E-state index in [1.165, 1.54) is 0 Å². The van der Waals surface area contributed by atoms with Gasteiger partial charge in [0.2, 0.25) is 0 Å². The van der Waals surface area contributed by atoms with Crippen LogP contribution in [0.1, 0.15) is 31.8 Å². The molecule has 0 heterocycles. The second kappa shape index (κ2) is 6.29. The minimum absolute atomic E-state index is 0. The zero-order valence-electron chi connectivity index (χ0n) is 10.4. The van der Waals surface area contributed by atoms with E-state index in [4.69, 9.17) is 0 Å². The zero-order chi connectivity index (χ0) is 11.1. The summed E-state index contributed by atoms with van der Waals surface area (Å²) >= 11 is 0. The van der Waals surface area contributed by atoms with Crippen molar-refractivity contribution in [1.82, 2.24) is 0 Å². The molecule has 2 aromatic carbocycles. The first-order valence-electron chi connectivity index (χ1n) is 5.06. The van der Waals surface area contributed by atoms with E-state index in [-0.39, 0.29) is 70.7 Å². The van der Waals surface area contributed by atoms with E-state index in [0.29, 0.717) is 22.3 Å². The van der Waals surface area contributed by atoms with Crippen molar-refractivity contribution < 1.29 is 9.59 Å². The molecule has 2 aromatic rings. The minimum atomic E-state index is -0.0641. The molecule has 78 valence electrons. The third-order valence-electron chi connectivity index (χ3n) is 2.83. The normalized spacial score (nSPS) is 11.8. The number of benzene rings is 2. The Morgan fingerprint density at radius 2 is 0.722 bits per heavy atom. The first kappa shape index (κ1) is 15.8. The fourth-order valence-corrected chi connectivity index (χ4v) is 2.05. The fourth-order valence-electron chi connectivity index (χ4n) is 2.05. The summed E-state index contributed by atoms with van der Waals surface area (Å²) in [5.41, 5.74) is 2.02. The van der Waals surface area contributed by atoms with Crippen molar-refractivity contribution in [2.24, 2.45) is 0 Å². The van der Waals surface area contributed by atoms with Crippen molar-refractivity contribution in [3.8, 4) is 0 Å². The van der Waals surface area contributed by atoms with E-state index < -0.39 is 0 Å². The number of carbonyl (C=O) groups excluding carboxylic acids is 2. The van der Waals surface area contributed by atoms with Gasteiger partial charge in [-0.1, -0.05) is 48.5 Å². The second-order valence-electron chi connectivity index (χ2n) is 3.75. The molecule has 18 heavy (non-hydrogen) atoms. The van der Waals surface area contributed by atoms with Gasteiger partial charge >= 0.3 is 0 Å². The Hall–Kier alpha value is -0.220. The van der Waals surface area contributed by atoms with Crippen LogP contribution in [0.2, 0.25) is 0 Å². The maximum atomic E-state index is 12.1. The SMILES string of the molecule is O=C1c2ccccc2C(=O)c2ccccc21.[Na].[Na]. The molecule has 0 saturated carbocycles. The summed E-state index contributed by atoms with van der Waals surface area (Å²) in [6, 6.07) is 13.9. The van der Waals surface area contributed by atoms with Crippen LogP contribution in [0.25, 0.3) is 0 Å². The molecule has 0 aliphatic heterocycles. The molecular weight excluding hydrogens is 246 g/mol. The summed E-state index contributed by atoms with van der Waals surface area (Å²) in [4.78, 5) is 24.2. The average molecular weight is 254 g/mol. The third kappa shape index (κ3) is 2.42. The maximum Gasteiger partial charge on any atom is 0.194 e.